The Labute approximate surface area is 105 Å². The molecule has 0 aliphatic carbocycles. The van der Waals surface area contributed by atoms with Gasteiger partial charge in [0, 0.05) is 14.1 Å². The lowest BCUT2D eigenvalue weighted by Crippen LogP contribution is -2.28. The van der Waals surface area contributed by atoms with Crippen LogP contribution in [0.1, 0.15) is 0 Å². The molecular formula is C8H13N3O5S2. The summed E-state index contributed by atoms with van der Waals surface area (Å²) >= 11 is 0. The minimum Gasteiger partial charge on any atom is -0.398 e. The number of nitrogens with one attached hydrogen (secondary N) is 1. The quantitative estimate of drug-likeness (QED) is 0.518. The van der Waals surface area contributed by atoms with Crippen LogP contribution >= 0.6 is 0 Å². The first-order chi connectivity index (χ1) is 8.04. The molecule has 0 amide bonds. The van der Waals surface area contributed by atoms with Crippen molar-refractivity contribution < 1.29 is 21.4 Å². The van der Waals surface area contributed by atoms with Crippen LogP contribution in [0.25, 0.3) is 0 Å². The molecular weight excluding hydrogens is 282 g/mol. The zero-order valence-electron chi connectivity index (χ0n) is 9.65. The highest BCUT2D eigenvalue weighted by atomic mass is 32.2. The Bertz CT molecular complexity index is 651. The van der Waals surface area contributed by atoms with E-state index in [1.165, 1.54) is 20.2 Å². The molecule has 0 heterocycles. The van der Waals surface area contributed by atoms with Crippen LogP contribution in [0.4, 0.5) is 11.4 Å². The first-order valence-corrected chi connectivity index (χ1v) is 7.49. The Morgan fingerprint density at radius 2 is 1.78 bits per heavy atom. The van der Waals surface area contributed by atoms with Crippen LogP contribution in [0.15, 0.2) is 23.1 Å². The molecule has 4 N–H and O–H groups in total. The highest BCUT2D eigenvalue weighted by Crippen LogP contribution is 2.22. The zero-order valence-corrected chi connectivity index (χ0v) is 11.3. The molecule has 1 aromatic rings. The summed E-state index contributed by atoms with van der Waals surface area (Å²) in [5, 5.41) is 0. The van der Waals surface area contributed by atoms with Crippen molar-refractivity contribution in [3.8, 4) is 0 Å². The number of nitrogen functional groups attached to an aromatic ring is 1. The van der Waals surface area contributed by atoms with Crippen molar-refractivity contribution in [2.75, 3.05) is 24.6 Å². The molecule has 0 unspecified atom stereocenters. The lowest BCUT2D eigenvalue weighted by Gasteiger charge is -2.14. The van der Waals surface area contributed by atoms with Crippen LogP contribution in [0.5, 0.6) is 0 Å². The number of hydrogen-bond donors (Lipinski definition) is 3. The summed E-state index contributed by atoms with van der Waals surface area (Å²) in [6, 6.07) is 3.29. The minimum atomic E-state index is -4.42. The van der Waals surface area contributed by atoms with E-state index in [1.54, 1.807) is 0 Å². The molecule has 0 saturated carbocycles. The van der Waals surface area contributed by atoms with E-state index in [0.717, 1.165) is 16.4 Å². The van der Waals surface area contributed by atoms with Gasteiger partial charge in [0.25, 0.3) is 10.1 Å². The molecule has 0 fully saturated rings. The van der Waals surface area contributed by atoms with Crippen LogP contribution in [0, 0.1) is 0 Å². The van der Waals surface area contributed by atoms with E-state index in [9.17, 15) is 16.8 Å². The smallest absolute Gasteiger partial charge is 0.301 e. The van der Waals surface area contributed by atoms with Crippen molar-refractivity contribution in [2.24, 2.45) is 0 Å². The van der Waals surface area contributed by atoms with E-state index in [4.69, 9.17) is 10.3 Å². The topological polar surface area (TPSA) is 130 Å². The van der Waals surface area contributed by atoms with Gasteiger partial charge in [-0.3, -0.25) is 9.27 Å². The third kappa shape index (κ3) is 3.32. The van der Waals surface area contributed by atoms with E-state index in [0.29, 0.717) is 0 Å². The number of nitrogens with two attached hydrogens (primary N) is 1. The van der Waals surface area contributed by atoms with Crippen molar-refractivity contribution >= 4 is 31.7 Å². The second-order valence-corrected chi connectivity index (χ2v) is 6.89. The third-order valence-electron chi connectivity index (χ3n) is 2.02. The van der Waals surface area contributed by atoms with Gasteiger partial charge >= 0.3 is 10.2 Å². The summed E-state index contributed by atoms with van der Waals surface area (Å²) in [7, 11) is -5.46. The number of benzene rings is 1. The van der Waals surface area contributed by atoms with Crippen LogP contribution in [-0.4, -0.2) is 39.8 Å². The fourth-order valence-corrected chi connectivity index (χ4v) is 2.29. The molecule has 0 bridgehead atoms. The van der Waals surface area contributed by atoms with Crippen molar-refractivity contribution in [1.29, 1.82) is 0 Å². The summed E-state index contributed by atoms with van der Waals surface area (Å²) in [6.07, 6.45) is 0. The SMILES string of the molecule is CN(C)S(=O)(=O)Nc1ccc(S(=O)(=O)O)c(N)c1. The highest BCUT2D eigenvalue weighted by Gasteiger charge is 2.17. The van der Waals surface area contributed by atoms with Gasteiger partial charge in [-0.15, -0.1) is 0 Å². The van der Waals surface area contributed by atoms with Gasteiger partial charge in [-0.2, -0.15) is 21.1 Å². The van der Waals surface area contributed by atoms with Gasteiger partial charge in [0.05, 0.1) is 11.4 Å². The molecule has 0 spiro atoms. The van der Waals surface area contributed by atoms with E-state index in [1.807, 2.05) is 0 Å². The Balaban J connectivity index is 3.15. The van der Waals surface area contributed by atoms with Gasteiger partial charge in [0.1, 0.15) is 4.90 Å². The normalized spacial score (nSPS) is 12.7. The van der Waals surface area contributed by atoms with Crippen molar-refractivity contribution in [1.82, 2.24) is 4.31 Å². The largest absolute Gasteiger partial charge is 0.398 e. The summed E-state index contributed by atoms with van der Waals surface area (Å²) in [5.74, 6) is 0. The van der Waals surface area contributed by atoms with Crippen molar-refractivity contribution in [3.63, 3.8) is 0 Å². The molecule has 1 rings (SSSR count). The van der Waals surface area contributed by atoms with E-state index in [-0.39, 0.29) is 11.4 Å². The van der Waals surface area contributed by atoms with Crippen LogP contribution in [0.3, 0.4) is 0 Å². The maximum atomic E-state index is 11.5. The summed E-state index contributed by atoms with van der Waals surface area (Å²) < 4.78 is 56.7. The number of rotatable bonds is 4. The first kappa shape index (κ1) is 14.7. The van der Waals surface area contributed by atoms with Crippen LogP contribution < -0.4 is 10.5 Å². The Kier molecular flexibility index (Phi) is 3.86. The average Bonchev–Trinajstić information content (AvgIpc) is 2.14. The van der Waals surface area contributed by atoms with Gasteiger partial charge in [-0.25, -0.2) is 0 Å². The van der Waals surface area contributed by atoms with Crippen LogP contribution in [-0.2, 0) is 20.3 Å². The van der Waals surface area contributed by atoms with Gasteiger partial charge in [-0.1, -0.05) is 0 Å². The monoisotopic (exact) mass is 295 g/mol. The predicted molar refractivity (Wildman–Crippen MR) is 66.9 cm³/mol. The molecule has 18 heavy (non-hydrogen) atoms. The summed E-state index contributed by atoms with van der Waals surface area (Å²) in [4.78, 5) is -0.477. The Hall–Kier alpha value is -1.36. The van der Waals surface area contributed by atoms with E-state index in [2.05, 4.69) is 4.72 Å². The molecule has 102 valence electrons. The van der Waals surface area contributed by atoms with E-state index < -0.39 is 25.2 Å². The summed E-state index contributed by atoms with van der Waals surface area (Å²) in [6.45, 7) is 0. The van der Waals surface area contributed by atoms with E-state index >= 15 is 0 Å². The lowest BCUT2D eigenvalue weighted by molar-refractivity contribution is 0.483. The first-order valence-electron chi connectivity index (χ1n) is 4.61. The minimum absolute atomic E-state index is 0.0913. The fourth-order valence-electron chi connectivity index (χ4n) is 1.09. The van der Waals surface area contributed by atoms with Crippen LogP contribution in [0.2, 0.25) is 0 Å². The lowest BCUT2D eigenvalue weighted by atomic mass is 10.3. The van der Waals surface area contributed by atoms with Gasteiger partial charge < -0.3 is 5.73 Å². The molecule has 0 saturated heterocycles. The zero-order chi connectivity index (χ0) is 14.1. The fraction of sp³-hybridized carbons (Fsp3) is 0.250. The molecule has 0 aliphatic rings. The highest BCUT2D eigenvalue weighted by molar-refractivity contribution is 7.90. The maximum absolute atomic E-state index is 11.5. The molecule has 0 atom stereocenters. The Morgan fingerprint density at radius 1 is 1.22 bits per heavy atom. The Morgan fingerprint density at radius 3 is 2.17 bits per heavy atom. The average molecular weight is 295 g/mol. The molecule has 8 nitrogen and oxygen atoms in total. The van der Waals surface area contributed by atoms with Gasteiger partial charge in [0.2, 0.25) is 0 Å². The molecule has 0 radical (unpaired) electrons. The predicted octanol–water partition coefficient (Wildman–Crippen LogP) is -0.266. The number of anilines is 2. The van der Waals surface area contributed by atoms with Gasteiger partial charge in [0.15, 0.2) is 0 Å². The maximum Gasteiger partial charge on any atom is 0.301 e. The molecule has 1 aromatic carbocycles. The van der Waals surface area contributed by atoms with Crippen molar-refractivity contribution in [3.05, 3.63) is 18.2 Å². The van der Waals surface area contributed by atoms with Gasteiger partial charge in [-0.05, 0) is 18.2 Å². The second-order valence-electron chi connectivity index (χ2n) is 3.62. The van der Waals surface area contributed by atoms with Crippen molar-refractivity contribution in [2.45, 2.75) is 4.90 Å². The second kappa shape index (κ2) is 4.72. The molecule has 0 aromatic heterocycles. The molecule has 10 heteroatoms. The number of nitrogens with zero attached hydrogens (tertiary/aromatic N) is 1. The standard InChI is InChI=1S/C8H13N3O5S2/c1-11(2)18(15,16)10-6-3-4-8(7(9)5-6)17(12,13)14/h3-5,10H,9H2,1-2H3,(H,12,13,14). The summed E-state index contributed by atoms with van der Waals surface area (Å²) in [5.41, 5.74) is 5.25. The third-order valence-corrected chi connectivity index (χ3v) is 4.40. The molecule has 0 aliphatic heterocycles. The number of hydrogen-bond acceptors (Lipinski definition) is 5.